The molecule has 0 bridgehead atoms. The Morgan fingerprint density at radius 1 is 1.19 bits per heavy atom. The Balaban J connectivity index is 2.51. The predicted molar refractivity (Wildman–Crippen MR) is 91.9 cm³/mol. The minimum atomic E-state index is -0.0190. The van der Waals surface area contributed by atoms with E-state index in [0.717, 1.165) is 19.4 Å². The smallest absolute Gasteiger partial charge is 0.0623 e. The van der Waals surface area contributed by atoms with Gasteiger partial charge in [-0.1, -0.05) is 31.2 Å². The fourth-order valence-corrected chi connectivity index (χ4v) is 2.54. The molecule has 1 aromatic carbocycles. The van der Waals surface area contributed by atoms with Gasteiger partial charge in [-0.2, -0.15) is 0 Å². The Morgan fingerprint density at radius 2 is 1.90 bits per heavy atom. The second kappa shape index (κ2) is 9.22. The van der Waals surface area contributed by atoms with Gasteiger partial charge in [0.15, 0.2) is 0 Å². The molecule has 0 saturated carbocycles. The van der Waals surface area contributed by atoms with Crippen LogP contribution in [0.15, 0.2) is 24.3 Å². The van der Waals surface area contributed by atoms with E-state index >= 15 is 0 Å². The first kappa shape index (κ1) is 18.2. The van der Waals surface area contributed by atoms with E-state index in [1.54, 1.807) is 0 Å². The maximum Gasteiger partial charge on any atom is 0.0623 e. The standard InChI is InChI=1S/C19H33NO/c1-6-15-20-18(13-14-19(3,4)21-5)12-11-17-10-8-7-9-16(17)2/h7-10,18,20H,6,11-15H2,1-5H3. The lowest BCUT2D eigenvalue weighted by atomic mass is 9.94. The summed E-state index contributed by atoms with van der Waals surface area (Å²) in [5.74, 6) is 0. The third-order valence-electron chi connectivity index (χ3n) is 4.35. The van der Waals surface area contributed by atoms with Crippen LogP contribution in [0.2, 0.25) is 0 Å². The van der Waals surface area contributed by atoms with E-state index in [9.17, 15) is 0 Å². The number of hydrogen-bond donors (Lipinski definition) is 1. The van der Waals surface area contributed by atoms with Gasteiger partial charge in [-0.05, 0) is 70.5 Å². The second-order valence-corrected chi connectivity index (χ2v) is 6.62. The third kappa shape index (κ3) is 7.10. The lowest BCUT2D eigenvalue weighted by Crippen LogP contribution is -2.33. The summed E-state index contributed by atoms with van der Waals surface area (Å²) >= 11 is 0. The highest BCUT2D eigenvalue weighted by molar-refractivity contribution is 5.25. The van der Waals surface area contributed by atoms with E-state index in [1.165, 1.54) is 30.4 Å². The molecule has 0 spiro atoms. The maximum absolute atomic E-state index is 5.55. The molecule has 0 saturated heterocycles. The molecule has 0 aromatic heterocycles. The SMILES string of the molecule is CCCNC(CCc1ccccc1C)CCC(C)(C)OC. The van der Waals surface area contributed by atoms with Crippen molar-refractivity contribution >= 4 is 0 Å². The van der Waals surface area contributed by atoms with Crippen molar-refractivity contribution in [2.45, 2.75) is 71.4 Å². The monoisotopic (exact) mass is 291 g/mol. The Bertz CT molecular complexity index is 400. The molecule has 0 radical (unpaired) electrons. The van der Waals surface area contributed by atoms with Crippen molar-refractivity contribution in [2.75, 3.05) is 13.7 Å². The highest BCUT2D eigenvalue weighted by Gasteiger charge is 2.19. The number of methoxy groups -OCH3 is 1. The fraction of sp³-hybridized carbons (Fsp3) is 0.684. The first-order valence-electron chi connectivity index (χ1n) is 8.31. The summed E-state index contributed by atoms with van der Waals surface area (Å²) < 4.78 is 5.55. The van der Waals surface area contributed by atoms with Crippen molar-refractivity contribution in [1.82, 2.24) is 5.32 Å². The van der Waals surface area contributed by atoms with E-state index in [2.05, 4.69) is 57.3 Å². The van der Waals surface area contributed by atoms with Gasteiger partial charge in [0.05, 0.1) is 5.60 Å². The largest absolute Gasteiger partial charge is 0.379 e. The zero-order chi connectivity index (χ0) is 15.7. The first-order valence-corrected chi connectivity index (χ1v) is 8.31. The molecule has 1 rings (SSSR count). The van der Waals surface area contributed by atoms with Gasteiger partial charge in [0.25, 0.3) is 0 Å². The van der Waals surface area contributed by atoms with E-state index in [1.807, 2.05) is 7.11 Å². The topological polar surface area (TPSA) is 21.3 Å². The van der Waals surface area contributed by atoms with Crippen LogP contribution in [0.25, 0.3) is 0 Å². The van der Waals surface area contributed by atoms with Gasteiger partial charge in [0, 0.05) is 13.2 Å². The van der Waals surface area contributed by atoms with E-state index < -0.39 is 0 Å². The van der Waals surface area contributed by atoms with Gasteiger partial charge < -0.3 is 10.1 Å². The van der Waals surface area contributed by atoms with Crippen LogP contribution < -0.4 is 5.32 Å². The fourth-order valence-electron chi connectivity index (χ4n) is 2.54. The van der Waals surface area contributed by atoms with Gasteiger partial charge in [-0.15, -0.1) is 0 Å². The molecule has 0 aliphatic carbocycles. The summed E-state index contributed by atoms with van der Waals surface area (Å²) in [7, 11) is 1.81. The van der Waals surface area contributed by atoms with Crippen molar-refractivity contribution in [3.05, 3.63) is 35.4 Å². The van der Waals surface area contributed by atoms with Crippen LogP contribution in [-0.2, 0) is 11.2 Å². The van der Waals surface area contributed by atoms with E-state index in [-0.39, 0.29) is 5.60 Å². The molecule has 2 heteroatoms. The molecular formula is C19H33NO. The quantitative estimate of drug-likeness (QED) is 0.685. The number of hydrogen-bond acceptors (Lipinski definition) is 2. The van der Waals surface area contributed by atoms with Crippen molar-refractivity contribution in [2.24, 2.45) is 0 Å². The predicted octanol–water partition coefficient (Wildman–Crippen LogP) is 4.50. The Kier molecular flexibility index (Phi) is 7.98. The molecule has 0 aliphatic heterocycles. The van der Waals surface area contributed by atoms with E-state index in [0.29, 0.717) is 6.04 Å². The van der Waals surface area contributed by atoms with Crippen molar-refractivity contribution < 1.29 is 4.74 Å². The number of nitrogens with one attached hydrogen (secondary N) is 1. The molecule has 0 amide bonds. The summed E-state index contributed by atoms with van der Waals surface area (Å²) in [5.41, 5.74) is 2.87. The van der Waals surface area contributed by atoms with Crippen molar-refractivity contribution in [1.29, 1.82) is 0 Å². The van der Waals surface area contributed by atoms with Gasteiger partial charge in [-0.25, -0.2) is 0 Å². The van der Waals surface area contributed by atoms with Gasteiger partial charge in [0.2, 0.25) is 0 Å². The van der Waals surface area contributed by atoms with Crippen LogP contribution in [0.3, 0.4) is 0 Å². The minimum Gasteiger partial charge on any atom is -0.379 e. The molecule has 1 aromatic rings. The highest BCUT2D eigenvalue weighted by Crippen LogP contribution is 2.19. The van der Waals surface area contributed by atoms with Crippen LogP contribution in [-0.4, -0.2) is 25.3 Å². The zero-order valence-electron chi connectivity index (χ0n) is 14.5. The summed E-state index contributed by atoms with van der Waals surface area (Å²) in [6.45, 7) is 9.88. The highest BCUT2D eigenvalue weighted by atomic mass is 16.5. The van der Waals surface area contributed by atoms with Gasteiger partial charge >= 0.3 is 0 Å². The average Bonchev–Trinajstić information content (AvgIpc) is 2.48. The van der Waals surface area contributed by atoms with Crippen LogP contribution in [0, 0.1) is 6.92 Å². The molecule has 0 heterocycles. The average molecular weight is 291 g/mol. The molecule has 120 valence electrons. The van der Waals surface area contributed by atoms with Gasteiger partial charge in [0.1, 0.15) is 0 Å². The number of ether oxygens (including phenoxy) is 1. The van der Waals surface area contributed by atoms with Crippen molar-refractivity contribution in [3.8, 4) is 0 Å². The molecule has 2 nitrogen and oxygen atoms in total. The molecule has 1 N–H and O–H groups in total. The molecule has 0 aliphatic rings. The van der Waals surface area contributed by atoms with Crippen LogP contribution >= 0.6 is 0 Å². The Labute approximate surface area is 131 Å². The normalized spacial score (nSPS) is 13.4. The minimum absolute atomic E-state index is 0.0190. The number of benzene rings is 1. The molecule has 21 heavy (non-hydrogen) atoms. The summed E-state index contributed by atoms with van der Waals surface area (Å²) in [4.78, 5) is 0. The Hall–Kier alpha value is -0.860. The summed E-state index contributed by atoms with van der Waals surface area (Å²) in [6, 6.07) is 9.31. The lowest BCUT2D eigenvalue weighted by Gasteiger charge is -2.26. The summed E-state index contributed by atoms with van der Waals surface area (Å²) in [6.07, 6.45) is 5.81. The molecular weight excluding hydrogens is 258 g/mol. The van der Waals surface area contributed by atoms with Crippen LogP contribution in [0.5, 0.6) is 0 Å². The van der Waals surface area contributed by atoms with Crippen LogP contribution in [0.1, 0.15) is 57.6 Å². The van der Waals surface area contributed by atoms with Crippen molar-refractivity contribution in [3.63, 3.8) is 0 Å². The molecule has 0 fully saturated rings. The zero-order valence-corrected chi connectivity index (χ0v) is 14.5. The Morgan fingerprint density at radius 3 is 2.52 bits per heavy atom. The van der Waals surface area contributed by atoms with E-state index in [4.69, 9.17) is 4.74 Å². The summed E-state index contributed by atoms with van der Waals surface area (Å²) in [5, 5.41) is 3.70. The first-order chi connectivity index (χ1) is 9.98. The van der Waals surface area contributed by atoms with Gasteiger partial charge in [-0.3, -0.25) is 0 Å². The molecule has 1 unspecified atom stereocenters. The second-order valence-electron chi connectivity index (χ2n) is 6.62. The lowest BCUT2D eigenvalue weighted by molar-refractivity contribution is 0.0115. The van der Waals surface area contributed by atoms with Crippen LogP contribution in [0.4, 0.5) is 0 Å². The number of rotatable bonds is 10. The molecule has 1 atom stereocenters. The number of aryl methyl sites for hydroxylation is 2. The third-order valence-corrected chi connectivity index (χ3v) is 4.35. The maximum atomic E-state index is 5.55.